The minimum Gasteiger partial charge on any atom is -0.480 e. The molecule has 88 valence electrons. The predicted molar refractivity (Wildman–Crippen MR) is 55.4 cm³/mol. The number of primary amides is 1. The number of aromatic nitrogens is 1. The van der Waals surface area contributed by atoms with Crippen LogP contribution in [0, 0.1) is 0 Å². The molecule has 7 nitrogen and oxygen atoms in total. The molecule has 6 N–H and O–H groups in total. The van der Waals surface area contributed by atoms with E-state index in [1.807, 2.05) is 0 Å². The van der Waals surface area contributed by atoms with Gasteiger partial charge in [-0.1, -0.05) is 0 Å². The minimum atomic E-state index is -1.72. The number of aliphatic hydroxyl groups is 2. The Balaban J connectivity index is 3.00. The van der Waals surface area contributed by atoms with E-state index in [0.29, 0.717) is 0 Å². The van der Waals surface area contributed by atoms with E-state index in [9.17, 15) is 15.0 Å². The van der Waals surface area contributed by atoms with Gasteiger partial charge in [0.25, 0.3) is 0 Å². The van der Waals surface area contributed by atoms with Crippen LogP contribution in [0.2, 0.25) is 0 Å². The number of amides is 1. The summed E-state index contributed by atoms with van der Waals surface area (Å²) in [5.74, 6) is -0.932. The maximum absolute atomic E-state index is 10.7. The number of rotatable bonds is 4. The van der Waals surface area contributed by atoms with Crippen molar-refractivity contribution in [2.24, 2.45) is 5.73 Å². The zero-order valence-electron chi connectivity index (χ0n) is 8.62. The Bertz CT molecular complexity index is 396. The summed E-state index contributed by atoms with van der Waals surface area (Å²) in [5.41, 5.74) is 10.7. The van der Waals surface area contributed by atoms with Crippen LogP contribution in [0.3, 0.4) is 0 Å². The summed E-state index contributed by atoms with van der Waals surface area (Å²) in [7, 11) is 1.36. The molecule has 1 heterocycles. The summed E-state index contributed by atoms with van der Waals surface area (Å²) in [5, 5.41) is 18.8. The first-order chi connectivity index (χ1) is 7.47. The number of carbonyl (C=O) groups excluding carboxylic acids is 1. The van der Waals surface area contributed by atoms with Crippen molar-refractivity contribution < 1.29 is 19.7 Å². The lowest BCUT2D eigenvalue weighted by molar-refractivity contribution is -0.132. The molecule has 0 aromatic carbocycles. The summed E-state index contributed by atoms with van der Waals surface area (Å²) in [6.45, 7) is 0. The number of nitrogens with zero attached hydrogens (tertiary/aromatic N) is 1. The highest BCUT2D eigenvalue weighted by molar-refractivity contribution is 5.79. The fourth-order valence-corrected chi connectivity index (χ4v) is 1.11. The Labute approximate surface area is 91.7 Å². The quantitative estimate of drug-likeness (QED) is 0.497. The number of pyridine rings is 1. The van der Waals surface area contributed by atoms with Gasteiger partial charge in [-0.05, 0) is 12.1 Å². The lowest BCUT2D eigenvalue weighted by atomic mass is 10.1. The zero-order valence-corrected chi connectivity index (χ0v) is 8.62. The first-order valence-electron chi connectivity index (χ1n) is 4.43. The monoisotopic (exact) mass is 227 g/mol. The Morgan fingerprint density at radius 3 is 2.62 bits per heavy atom. The highest BCUT2D eigenvalue weighted by atomic mass is 16.5. The van der Waals surface area contributed by atoms with Crippen molar-refractivity contribution >= 4 is 11.6 Å². The van der Waals surface area contributed by atoms with Crippen LogP contribution >= 0.6 is 0 Å². The zero-order chi connectivity index (χ0) is 12.3. The van der Waals surface area contributed by atoms with Crippen molar-refractivity contribution in [3.05, 3.63) is 17.8 Å². The minimum absolute atomic E-state index is 0.0531. The molecule has 0 saturated heterocycles. The van der Waals surface area contributed by atoms with Crippen LogP contribution in [0.5, 0.6) is 5.88 Å². The second-order valence-electron chi connectivity index (χ2n) is 3.13. The third-order valence-electron chi connectivity index (χ3n) is 2.00. The fraction of sp³-hybridized carbons (Fsp3) is 0.333. The van der Waals surface area contributed by atoms with Crippen LogP contribution in [-0.2, 0) is 4.79 Å². The van der Waals surface area contributed by atoms with Crippen LogP contribution < -0.4 is 16.2 Å². The largest absolute Gasteiger partial charge is 0.480 e. The Hall–Kier alpha value is -1.86. The Morgan fingerprint density at radius 2 is 2.12 bits per heavy atom. The smallest absolute Gasteiger partial charge is 0.249 e. The van der Waals surface area contributed by atoms with Gasteiger partial charge in [-0.25, -0.2) is 4.98 Å². The second-order valence-corrected chi connectivity index (χ2v) is 3.13. The predicted octanol–water partition coefficient (Wildman–Crippen LogP) is -1.45. The summed E-state index contributed by atoms with van der Waals surface area (Å²) in [6.07, 6.45) is -3.23. The average molecular weight is 227 g/mol. The third kappa shape index (κ3) is 2.38. The van der Waals surface area contributed by atoms with Gasteiger partial charge < -0.3 is 26.4 Å². The molecular weight excluding hydrogens is 214 g/mol. The number of carbonyl (C=O) groups is 1. The number of nitrogens with two attached hydrogens (primary N) is 2. The Morgan fingerprint density at radius 1 is 1.50 bits per heavy atom. The molecule has 1 aromatic heterocycles. The molecule has 0 aliphatic rings. The van der Waals surface area contributed by atoms with Gasteiger partial charge in [0.1, 0.15) is 6.10 Å². The highest BCUT2D eigenvalue weighted by Gasteiger charge is 2.25. The van der Waals surface area contributed by atoms with Crippen LogP contribution in [-0.4, -0.2) is 34.3 Å². The fourth-order valence-electron chi connectivity index (χ4n) is 1.11. The van der Waals surface area contributed by atoms with Gasteiger partial charge in [-0.15, -0.1) is 0 Å². The number of ether oxygens (including phenoxy) is 1. The molecule has 0 bridgehead atoms. The normalized spacial score (nSPS) is 14.2. The topological polar surface area (TPSA) is 132 Å². The lowest BCUT2D eigenvalue weighted by Crippen LogP contribution is -2.34. The van der Waals surface area contributed by atoms with Gasteiger partial charge in [-0.3, -0.25) is 4.79 Å². The molecule has 0 radical (unpaired) electrons. The van der Waals surface area contributed by atoms with E-state index < -0.39 is 18.1 Å². The molecule has 0 aliphatic heterocycles. The SMILES string of the molecule is COc1nc(C(O)C(O)C(N)=O)ccc1N. The number of nitrogen functional groups attached to an aromatic ring is 1. The number of anilines is 1. The maximum atomic E-state index is 10.7. The molecule has 2 unspecified atom stereocenters. The van der Waals surface area contributed by atoms with Crippen molar-refractivity contribution in [1.82, 2.24) is 4.98 Å². The van der Waals surface area contributed by atoms with Gasteiger partial charge >= 0.3 is 0 Å². The van der Waals surface area contributed by atoms with Gasteiger partial charge in [0, 0.05) is 0 Å². The summed E-state index contributed by atoms with van der Waals surface area (Å²) in [4.78, 5) is 14.5. The summed E-state index contributed by atoms with van der Waals surface area (Å²) in [6, 6.07) is 2.81. The van der Waals surface area contributed by atoms with E-state index in [4.69, 9.17) is 16.2 Å². The van der Waals surface area contributed by atoms with E-state index in [1.165, 1.54) is 19.2 Å². The first-order valence-corrected chi connectivity index (χ1v) is 4.43. The lowest BCUT2D eigenvalue weighted by Gasteiger charge is -2.15. The van der Waals surface area contributed by atoms with Gasteiger partial charge in [-0.2, -0.15) is 0 Å². The van der Waals surface area contributed by atoms with Crippen molar-refractivity contribution in [3.8, 4) is 5.88 Å². The standard InChI is InChI=1S/C9H13N3O4/c1-16-9-4(10)2-3-5(12-9)6(13)7(14)8(11)15/h2-3,6-7,13-14H,10H2,1H3,(H2,11,15). The van der Waals surface area contributed by atoms with Crippen molar-refractivity contribution in [1.29, 1.82) is 0 Å². The molecule has 0 spiro atoms. The van der Waals surface area contributed by atoms with E-state index in [0.717, 1.165) is 0 Å². The molecule has 1 amide bonds. The van der Waals surface area contributed by atoms with Gasteiger partial charge in [0.05, 0.1) is 18.5 Å². The molecule has 0 saturated carbocycles. The molecule has 16 heavy (non-hydrogen) atoms. The van der Waals surface area contributed by atoms with Crippen molar-refractivity contribution in [2.75, 3.05) is 12.8 Å². The van der Waals surface area contributed by atoms with E-state index in [2.05, 4.69) is 4.98 Å². The summed E-state index contributed by atoms with van der Waals surface area (Å²) < 4.78 is 4.83. The number of hydrogen-bond donors (Lipinski definition) is 4. The molecular formula is C9H13N3O4. The van der Waals surface area contributed by atoms with Crippen molar-refractivity contribution in [3.63, 3.8) is 0 Å². The van der Waals surface area contributed by atoms with Crippen molar-refractivity contribution in [2.45, 2.75) is 12.2 Å². The molecule has 7 heteroatoms. The average Bonchev–Trinajstić information content (AvgIpc) is 2.27. The van der Waals surface area contributed by atoms with Crippen LogP contribution in [0.25, 0.3) is 0 Å². The number of aliphatic hydroxyl groups excluding tert-OH is 2. The third-order valence-corrected chi connectivity index (χ3v) is 2.00. The molecule has 2 atom stereocenters. The molecule has 1 rings (SSSR count). The van der Waals surface area contributed by atoms with Crippen LogP contribution in [0.1, 0.15) is 11.8 Å². The maximum Gasteiger partial charge on any atom is 0.249 e. The second kappa shape index (κ2) is 4.77. The number of methoxy groups -OCH3 is 1. The molecule has 1 aromatic rings. The highest BCUT2D eigenvalue weighted by Crippen LogP contribution is 2.22. The Kier molecular flexibility index (Phi) is 3.64. The van der Waals surface area contributed by atoms with Gasteiger partial charge in [0.15, 0.2) is 6.10 Å². The van der Waals surface area contributed by atoms with Gasteiger partial charge in [0.2, 0.25) is 11.8 Å². The van der Waals surface area contributed by atoms with Crippen LogP contribution in [0.4, 0.5) is 5.69 Å². The van der Waals surface area contributed by atoms with E-state index >= 15 is 0 Å². The molecule has 0 fully saturated rings. The van der Waals surface area contributed by atoms with Crippen LogP contribution in [0.15, 0.2) is 12.1 Å². The number of hydrogen-bond acceptors (Lipinski definition) is 6. The summed E-state index contributed by atoms with van der Waals surface area (Å²) >= 11 is 0. The van der Waals surface area contributed by atoms with E-state index in [1.54, 1.807) is 0 Å². The van der Waals surface area contributed by atoms with E-state index in [-0.39, 0.29) is 17.3 Å². The first kappa shape index (κ1) is 12.2. The molecule has 0 aliphatic carbocycles.